The van der Waals surface area contributed by atoms with Gasteiger partial charge >= 0.3 is 0 Å². The summed E-state index contributed by atoms with van der Waals surface area (Å²) in [4.78, 5) is 12.8. The number of benzene rings is 2. The second kappa shape index (κ2) is 8.93. The first kappa shape index (κ1) is 22.3. The van der Waals surface area contributed by atoms with Crippen LogP contribution in [0.4, 0.5) is 0 Å². The summed E-state index contributed by atoms with van der Waals surface area (Å²) in [5.41, 5.74) is 0.961. The predicted molar refractivity (Wildman–Crippen MR) is 108 cm³/mol. The minimum absolute atomic E-state index is 0.0515. The zero-order chi connectivity index (χ0) is 23.0. The summed E-state index contributed by atoms with van der Waals surface area (Å²) in [5.74, 6) is 0.395. The molecule has 10 heteroatoms. The Morgan fingerprint density at radius 1 is 1.03 bits per heavy atom. The molecule has 0 bridgehead atoms. The molecule has 0 saturated carbocycles. The Balaban J connectivity index is 1.60. The maximum absolute atomic E-state index is 12.8. The normalized spacial score (nSPS) is 29.7. The highest BCUT2D eigenvalue weighted by molar-refractivity contribution is 6.00. The van der Waals surface area contributed by atoms with E-state index in [-0.39, 0.29) is 40.8 Å². The number of carbonyl (C=O) groups is 1. The Morgan fingerprint density at radius 3 is 2.41 bits per heavy atom. The first-order valence-corrected chi connectivity index (χ1v) is 10.0. The van der Waals surface area contributed by atoms with Crippen LogP contribution in [0.5, 0.6) is 23.0 Å². The Morgan fingerprint density at radius 2 is 1.75 bits per heavy atom. The van der Waals surface area contributed by atoms with E-state index in [4.69, 9.17) is 18.9 Å². The van der Waals surface area contributed by atoms with Gasteiger partial charge in [0.25, 0.3) is 0 Å². The summed E-state index contributed by atoms with van der Waals surface area (Å²) in [7, 11) is 1.38. The van der Waals surface area contributed by atoms with Crippen molar-refractivity contribution >= 4 is 5.78 Å². The number of aliphatic hydroxyl groups is 4. The van der Waals surface area contributed by atoms with Crippen molar-refractivity contribution < 1.29 is 49.3 Å². The van der Waals surface area contributed by atoms with E-state index in [2.05, 4.69) is 0 Å². The van der Waals surface area contributed by atoms with E-state index >= 15 is 0 Å². The van der Waals surface area contributed by atoms with Gasteiger partial charge in [-0.05, 0) is 23.8 Å². The molecule has 2 aliphatic rings. The number of methoxy groups -OCH3 is 1. The maximum Gasteiger partial charge on any atom is 0.229 e. The van der Waals surface area contributed by atoms with Gasteiger partial charge in [0.05, 0.1) is 25.7 Å². The maximum atomic E-state index is 12.8. The molecule has 10 nitrogen and oxygen atoms in total. The summed E-state index contributed by atoms with van der Waals surface area (Å²) in [6.45, 7) is -0.600. The third-order valence-corrected chi connectivity index (χ3v) is 5.56. The molecule has 2 aromatic rings. The fraction of sp³-hybridized carbons (Fsp3) is 0.409. The number of carbonyl (C=O) groups excluding carboxylic acids is 1. The first-order chi connectivity index (χ1) is 15.3. The number of phenolic OH excluding ortho intramolecular Hbond substituents is 1. The number of Topliss-reactive ketones (excluding diaryl/α,β-unsaturated/α-hetero) is 1. The van der Waals surface area contributed by atoms with Gasteiger partial charge in [-0.25, -0.2) is 0 Å². The molecule has 2 aliphatic heterocycles. The third kappa shape index (κ3) is 4.10. The average Bonchev–Trinajstić information content (AvgIpc) is 2.79. The topological polar surface area (TPSA) is 155 Å². The van der Waals surface area contributed by atoms with Crippen molar-refractivity contribution in [2.75, 3.05) is 13.7 Å². The van der Waals surface area contributed by atoms with Crippen LogP contribution in [0, 0.1) is 0 Å². The minimum Gasteiger partial charge on any atom is -0.508 e. The molecule has 5 N–H and O–H groups in total. The number of aliphatic hydroxyl groups excluding tert-OH is 4. The lowest BCUT2D eigenvalue weighted by molar-refractivity contribution is -0.277. The van der Waals surface area contributed by atoms with Crippen molar-refractivity contribution in [3.8, 4) is 23.0 Å². The number of ketones is 1. The zero-order valence-corrected chi connectivity index (χ0v) is 17.1. The second-order valence-electron chi connectivity index (χ2n) is 7.64. The van der Waals surface area contributed by atoms with Crippen LogP contribution in [-0.2, 0) is 4.74 Å². The van der Waals surface area contributed by atoms with Gasteiger partial charge in [-0.1, -0.05) is 12.1 Å². The fourth-order valence-corrected chi connectivity index (χ4v) is 3.75. The highest BCUT2D eigenvalue weighted by atomic mass is 16.7. The molecular formula is C22H24O10. The Kier molecular flexibility index (Phi) is 6.22. The third-order valence-electron chi connectivity index (χ3n) is 5.56. The van der Waals surface area contributed by atoms with Gasteiger partial charge in [-0.15, -0.1) is 0 Å². The highest BCUT2D eigenvalue weighted by Crippen LogP contribution is 2.42. The lowest BCUT2D eigenvalue weighted by Gasteiger charge is -2.39. The standard InChI is InChI=1S/C22H24O10/c1-29-16-8-15-12(13(25)7-14(30-15)10-2-4-11(24)5-3-10)6-17(16)31-22-21(28)20(27)19(26)18(9-23)32-22/h2-6,8,14,18-24,26-28H,7,9H2,1H3/t14-,18+,19+,20+,21+,22+/m0/s1. The van der Waals surface area contributed by atoms with Gasteiger partial charge in [-0.2, -0.15) is 0 Å². The number of ether oxygens (including phenoxy) is 4. The molecule has 0 radical (unpaired) electrons. The Hall–Kier alpha value is -2.89. The van der Waals surface area contributed by atoms with Crippen molar-refractivity contribution in [2.24, 2.45) is 0 Å². The van der Waals surface area contributed by atoms with Gasteiger partial charge in [0, 0.05) is 6.07 Å². The van der Waals surface area contributed by atoms with Crippen LogP contribution in [0.25, 0.3) is 0 Å². The summed E-state index contributed by atoms with van der Waals surface area (Å²) in [6, 6.07) is 9.23. The van der Waals surface area contributed by atoms with Crippen LogP contribution in [0.2, 0.25) is 0 Å². The predicted octanol–water partition coefficient (Wildman–Crippen LogP) is 0.286. The van der Waals surface area contributed by atoms with E-state index in [0.29, 0.717) is 0 Å². The van der Waals surface area contributed by atoms with Crippen LogP contribution in [0.3, 0.4) is 0 Å². The molecule has 0 aliphatic carbocycles. The fourth-order valence-electron chi connectivity index (χ4n) is 3.75. The van der Waals surface area contributed by atoms with Gasteiger partial charge in [0.2, 0.25) is 6.29 Å². The molecule has 32 heavy (non-hydrogen) atoms. The summed E-state index contributed by atoms with van der Waals surface area (Å²) in [6.07, 6.45) is -7.79. The molecule has 1 saturated heterocycles. The van der Waals surface area contributed by atoms with Crippen molar-refractivity contribution in [3.63, 3.8) is 0 Å². The van der Waals surface area contributed by atoms with Crippen molar-refractivity contribution in [2.45, 2.75) is 43.2 Å². The summed E-state index contributed by atoms with van der Waals surface area (Å²) >= 11 is 0. The molecule has 4 rings (SSSR count). The monoisotopic (exact) mass is 448 g/mol. The van der Waals surface area contributed by atoms with Crippen LogP contribution >= 0.6 is 0 Å². The molecule has 2 heterocycles. The van der Waals surface area contributed by atoms with E-state index < -0.39 is 43.4 Å². The molecule has 0 aromatic heterocycles. The van der Waals surface area contributed by atoms with Gasteiger partial charge in [0.1, 0.15) is 42.0 Å². The Bertz CT molecular complexity index is 973. The second-order valence-corrected chi connectivity index (χ2v) is 7.64. The van der Waals surface area contributed by atoms with Crippen LogP contribution in [0.15, 0.2) is 36.4 Å². The lowest BCUT2D eigenvalue weighted by Crippen LogP contribution is -2.60. The van der Waals surface area contributed by atoms with Crippen molar-refractivity contribution in [3.05, 3.63) is 47.5 Å². The number of phenols is 1. The van der Waals surface area contributed by atoms with E-state index in [0.717, 1.165) is 5.56 Å². The van der Waals surface area contributed by atoms with Gasteiger partial charge in [-0.3, -0.25) is 4.79 Å². The molecule has 0 unspecified atom stereocenters. The smallest absolute Gasteiger partial charge is 0.229 e. The largest absolute Gasteiger partial charge is 0.508 e. The summed E-state index contributed by atoms with van der Waals surface area (Å²) in [5, 5.41) is 48.9. The van der Waals surface area contributed by atoms with E-state index in [1.165, 1.54) is 31.4 Å². The average molecular weight is 448 g/mol. The minimum atomic E-state index is -1.61. The molecule has 0 amide bonds. The van der Waals surface area contributed by atoms with E-state index in [1.807, 2.05) is 0 Å². The van der Waals surface area contributed by atoms with Crippen molar-refractivity contribution in [1.82, 2.24) is 0 Å². The van der Waals surface area contributed by atoms with Crippen LogP contribution in [0.1, 0.15) is 28.4 Å². The number of rotatable bonds is 5. The SMILES string of the molecule is COc1cc2c(cc1O[C@@H]1O[C@H](CO)[C@@H](O)[C@@H](O)[C@H]1O)C(=O)C[C@@H](c1ccc(O)cc1)O2. The number of hydrogen-bond acceptors (Lipinski definition) is 10. The van der Waals surface area contributed by atoms with Crippen LogP contribution < -0.4 is 14.2 Å². The molecule has 6 atom stereocenters. The first-order valence-electron chi connectivity index (χ1n) is 10.0. The van der Waals surface area contributed by atoms with E-state index in [9.17, 15) is 30.3 Å². The van der Waals surface area contributed by atoms with Crippen molar-refractivity contribution in [1.29, 1.82) is 0 Å². The Labute approximate surface area is 183 Å². The van der Waals surface area contributed by atoms with Crippen LogP contribution in [-0.4, -0.2) is 75.7 Å². The quantitative estimate of drug-likeness (QED) is 0.431. The van der Waals surface area contributed by atoms with E-state index in [1.54, 1.807) is 12.1 Å². The molecule has 172 valence electrons. The molecule has 0 spiro atoms. The number of fused-ring (bicyclic) bond motifs is 1. The van der Waals surface area contributed by atoms with Gasteiger partial charge < -0.3 is 44.5 Å². The molecule has 2 aromatic carbocycles. The zero-order valence-electron chi connectivity index (χ0n) is 17.1. The number of hydrogen-bond donors (Lipinski definition) is 5. The number of aromatic hydroxyl groups is 1. The molecular weight excluding hydrogens is 424 g/mol. The lowest BCUT2D eigenvalue weighted by atomic mass is 9.95. The van der Waals surface area contributed by atoms with Gasteiger partial charge in [0.15, 0.2) is 17.3 Å². The highest BCUT2D eigenvalue weighted by Gasteiger charge is 2.45. The summed E-state index contributed by atoms with van der Waals surface area (Å²) < 4.78 is 22.3. The molecule has 1 fully saturated rings.